The Hall–Kier alpha value is -0.420. The number of nitrogens with one attached hydrogen (secondary N) is 2. The number of hydrogen-bond donors (Lipinski definition) is 3. The Morgan fingerprint density at radius 2 is 1.88 bits per heavy atom. The summed E-state index contributed by atoms with van der Waals surface area (Å²) in [5.41, 5.74) is 5.35. The summed E-state index contributed by atoms with van der Waals surface area (Å²) >= 11 is 3.19. The first kappa shape index (κ1) is 23.6. The molecule has 138 valence electrons. The molecule has 0 radical (unpaired) electrons. The molecule has 1 fully saturated rings. The average Bonchev–Trinajstić information content (AvgIpc) is 2.47. The summed E-state index contributed by atoms with van der Waals surface area (Å²) in [6.07, 6.45) is 0. The number of nitrogens with zero attached hydrogens (tertiary/aromatic N) is 1. The van der Waals surface area contributed by atoms with Gasteiger partial charge in [0.05, 0.1) is 4.90 Å². The van der Waals surface area contributed by atoms with E-state index in [9.17, 15) is 13.2 Å². The van der Waals surface area contributed by atoms with Crippen LogP contribution in [0.1, 0.15) is 10.4 Å². The molecule has 2 rings (SSSR count). The van der Waals surface area contributed by atoms with Crippen LogP contribution < -0.4 is 15.8 Å². The third-order valence-electron chi connectivity index (χ3n) is 3.40. The fourth-order valence-corrected chi connectivity index (χ4v) is 3.95. The molecule has 1 aromatic rings. The van der Waals surface area contributed by atoms with Crippen molar-refractivity contribution in [1.29, 1.82) is 0 Å². The van der Waals surface area contributed by atoms with Gasteiger partial charge in [-0.15, -0.1) is 24.8 Å². The molecule has 24 heavy (non-hydrogen) atoms. The number of carbonyl (C=O) groups excluding carboxylic acids is 1. The standard InChI is InChI=1S/C13H19BrN4O3S.2ClH/c14-11-7-10(13(15)19)8-12(9-11)22(20,21)17-3-6-18-4-1-16-2-5-18;;/h7-9,16-17H,1-6H2,(H2,15,19);2*1H. The molecule has 1 amide bonds. The van der Waals surface area contributed by atoms with Gasteiger partial charge < -0.3 is 11.1 Å². The number of primary amides is 1. The Labute approximate surface area is 162 Å². The van der Waals surface area contributed by atoms with Gasteiger partial charge in [-0.1, -0.05) is 15.9 Å². The highest BCUT2D eigenvalue weighted by Gasteiger charge is 2.17. The van der Waals surface area contributed by atoms with Gasteiger partial charge in [-0.25, -0.2) is 13.1 Å². The second-order valence-corrected chi connectivity index (χ2v) is 7.71. The van der Waals surface area contributed by atoms with Gasteiger partial charge in [0, 0.05) is 49.3 Å². The molecular weight excluding hydrogens is 443 g/mol. The number of nitrogens with two attached hydrogens (primary N) is 1. The molecule has 1 heterocycles. The Morgan fingerprint density at radius 3 is 2.46 bits per heavy atom. The molecule has 0 unspecified atom stereocenters. The van der Waals surface area contributed by atoms with Crippen LogP contribution in [0.5, 0.6) is 0 Å². The largest absolute Gasteiger partial charge is 0.366 e. The molecule has 11 heteroatoms. The smallest absolute Gasteiger partial charge is 0.248 e. The number of benzene rings is 1. The summed E-state index contributed by atoms with van der Waals surface area (Å²) in [5, 5.41) is 3.24. The van der Waals surface area contributed by atoms with Crippen LogP contribution in [0.25, 0.3) is 0 Å². The van der Waals surface area contributed by atoms with Gasteiger partial charge in [-0.2, -0.15) is 0 Å². The van der Waals surface area contributed by atoms with E-state index in [1.54, 1.807) is 0 Å². The van der Waals surface area contributed by atoms with Crippen LogP contribution in [-0.4, -0.2) is 58.5 Å². The van der Waals surface area contributed by atoms with Crippen molar-refractivity contribution in [2.75, 3.05) is 39.3 Å². The van der Waals surface area contributed by atoms with Crippen molar-refractivity contribution < 1.29 is 13.2 Å². The maximum absolute atomic E-state index is 12.3. The first-order chi connectivity index (χ1) is 10.4. The van der Waals surface area contributed by atoms with E-state index >= 15 is 0 Å². The van der Waals surface area contributed by atoms with Crippen molar-refractivity contribution in [1.82, 2.24) is 14.9 Å². The Bertz CT molecular complexity index is 655. The summed E-state index contributed by atoms with van der Waals surface area (Å²) in [4.78, 5) is 13.4. The lowest BCUT2D eigenvalue weighted by atomic mass is 10.2. The molecule has 0 spiro atoms. The van der Waals surface area contributed by atoms with E-state index in [1.807, 2.05) is 0 Å². The van der Waals surface area contributed by atoms with E-state index in [4.69, 9.17) is 5.73 Å². The minimum Gasteiger partial charge on any atom is -0.366 e. The van der Waals surface area contributed by atoms with Crippen LogP contribution in [0.2, 0.25) is 0 Å². The van der Waals surface area contributed by atoms with Gasteiger partial charge in [0.2, 0.25) is 15.9 Å². The second-order valence-electron chi connectivity index (χ2n) is 5.03. The van der Waals surface area contributed by atoms with Crippen LogP contribution in [-0.2, 0) is 10.0 Å². The molecule has 4 N–H and O–H groups in total. The first-order valence-electron chi connectivity index (χ1n) is 6.91. The van der Waals surface area contributed by atoms with Crippen LogP contribution in [0.15, 0.2) is 27.6 Å². The van der Waals surface area contributed by atoms with Gasteiger partial charge in [-0.3, -0.25) is 9.69 Å². The number of amides is 1. The topological polar surface area (TPSA) is 105 Å². The van der Waals surface area contributed by atoms with Crippen LogP contribution in [0, 0.1) is 0 Å². The predicted molar refractivity (Wildman–Crippen MR) is 102 cm³/mol. The summed E-state index contributed by atoms with van der Waals surface area (Å²) in [6, 6.07) is 4.21. The van der Waals surface area contributed by atoms with E-state index < -0.39 is 15.9 Å². The highest BCUT2D eigenvalue weighted by molar-refractivity contribution is 9.10. The van der Waals surface area contributed by atoms with Gasteiger partial charge >= 0.3 is 0 Å². The van der Waals surface area contributed by atoms with Crippen molar-refractivity contribution in [2.45, 2.75) is 4.90 Å². The number of hydrogen-bond acceptors (Lipinski definition) is 5. The molecule has 0 atom stereocenters. The third-order valence-corrected chi connectivity index (χ3v) is 5.29. The van der Waals surface area contributed by atoms with E-state index in [1.165, 1.54) is 18.2 Å². The molecule has 1 aromatic carbocycles. The number of rotatable bonds is 6. The molecule has 7 nitrogen and oxygen atoms in total. The number of halogens is 3. The van der Waals surface area contributed by atoms with E-state index in [0.29, 0.717) is 17.6 Å². The van der Waals surface area contributed by atoms with Gasteiger partial charge in [0.25, 0.3) is 0 Å². The fourth-order valence-electron chi connectivity index (χ4n) is 2.22. The summed E-state index contributed by atoms with van der Waals surface area (Å²) in [5.74, 6) is -0.668. The van der Waals surface area contributed by atoms with Crippen LogP contribution >= 0.6 is 40.7 Å². The van der Waals surface area contributed by atoms with Crippen molar-refractivity contribution in [2.24, 2.45) is 5.73 Å². The normalized spacial score (nSPS) is 15.2. The van der Waals surface area contributed by atoms with Crippen molar-refractivity contribution in [3.63, 3.8) is 0 Å². The molecule has 0 bridgehead atoms. The first-order valence-corrected chi connectivity index (χ1v) is 9.19. The third kappa shape index (κ3) is 6.83. The minimum absolute atomic E-state index is 0. The molecule has 1 aliphatic heterocycles. The zero-order chi connectivity index (χ0) is 16.2. The summed E-state index contributed by atoms with van der Waals surface area (Å²) < 4.78 is 27.6. The average molecular weight is 464 g/mol. The molecule has 0 saturated carbocycles. The highest BCUT2D eigenvalue weighted by atomic mass is 79.9. The quantitative estimate of drug-likeness (QED) is 0.572. The molecule has 0 aromatic heterocycles. The lowest BCUT2D eigenvalue weighted by molar-refractivity contribution is 0.1000. The lowest BCUT2D eigenvalue weighted by Crippen LogP contribution is -2.46. The maximum atomic E-state index is 12.3. The van der Waals surface area contributed by atoms with Crippen LogP contribution in [0.3, 0.4) is 0 Å². The second kappa shape index (κ2) is 10.5. The van der Waals surface area contributed by atoms with E-state index in [0.717, 1.165) is 26.2 Å². The lowest BCUT2D eigenvalue weighted by Gasteiger charge is -2.27. The monoisotopic (exact) mass is 462 g/mol. The van der Waals surface area contributed by atoms with E-state index in [2.05, 4.69) is 30.9 Å². The van der Waals surface area contributed by atoms with Gasteiger partial charge in [0.15, 0.2) is 0 Å². The zero-order valence-corrected chi connectivity index (χ0v) is 16.9. The highest BCUT2D eigenvalue weighted by Crippen LogP contribution is 2.19. The molecular formula is C13H21BrCl2N4O3S. The van der Waals surface area contributed by atoms with Crippen molar-refractivity contribution >= 4 is 56.7 Å². The van der Waals surface area contributed by atoms with Crippen LogP contribution in [0.4, 0.5) is 0 Å². The van der Waals surface area contributed by atoms with Gasteiger partial charge in [0.1, 0.15) is 0 Å². The summed E-state index contributed by atoms with van der Waals surface area (Å²) in [6.45, 7) is 4.62. The van der Waals surface area contributed by atoms with Crippen molar-refractivity contribution in [3.05, 3.63) is 28.2 Å². The summed E-state index contributed by atoms with van der Waals surface area (Å²) in [7, 11) is -3.67. The van der Waals surface area contributed by atoms with Crippen molar-refractivity contribution in [3.8, 4) is 0 Å². The number of carbonyl (C=O) groups is 1. The Kier molecular flexibility index (Phi) is 10.4. The zero-order valence-electron chi connectivity index (χ0n) is 12.8. The Morgan fingerprint density at radius 1 is 1.25 bits per heavy atom. The SMILES string of the molecule is Cl.Cl.NC(=O)c1cc(Br)cc(S(=O)(=O)NCCN2CCNCC2)c1. The molecule has 0 aliphatic carbocycles. The maximum Gasteiger partial charge on any atom is 0.248 e. The minimum atomic E-state index is -3.67. The fraction of sp³-hybridized carbons (Fsp3) is 0.462. The van der Waals surface area contributed by atoms with E-state index in [-0.39, 0.29) is 35.3 Å². The predicted octanol–water partition coefficient (Wildman–Crippen LogP) is 0.575. The van der Waals surface area contributed by atoms with Gasteiger partial charge in [-0.05, 0) is 18.2 Å². The molecule has 1 saturated heterocycles. The number of sulfonamides is 1. The Balaban J connectivity index is 0.00000264. The molecule has 1 aliphatic rings. The number of piperazine rings is 1.